The number of rotatable bonds is 4. The fourth-order valence-electron chi connectivity index (χ4n) is 1.70. The van der Waals surface area contributed by atoms with Crippen molar-refractivity contribution in [2.75, 3.05) is 6.61 Å². The van der Waals surface area contributed by atoms with E-state index in [1.54, 1.807) is 6.92 Å². The van der Waals surface area contributed by atoms with Crippen LogP contribution in [0.2, 0.25) is 0 Å². The summed E-state index contributed by atoms with van der Waals surface area (Å²) in [5.74, 6) is -0.711. The Labute approximate surface area is 111 Å². The lowest BCUT2D eigenvalue weighted by Gasteiger charge is -2.16. The molecule has 0 unspecified atom stereocenters. The first-order valence-electron chi connectivity index (χ1n) is 5.67. The lowest BCUT2D eigenvalue weighted by molar-refractivity contribution is -0.143. The SMILES string of the molecule is CCOC(=O)Cc1cnc(C(F)(F)F)c(C(F)F)c1C. The van der Waals surface area contributed by atoms with Gasteiger partial charge in [0, 0.05) is 6.20 Å². The topological polar surface area (TPSA) is 39.2 Å². The number of nitrogens with zero attached hydrogens (tertiary/aromatic N) is 1. The molecule has 112 valence electrons. The van der Waals surface area contributed by atoms with Gasteiger partial charge in [-0.15, -0.1) is 0 Å². The molecule has 0 spiro atoms. The van der Waals surface area contributed by atoms with Gasteiger partial charge in [-0.25, -0.2) is 8.78 Å². The van der Waals surface area contributed by atoms with Crippen molar-refractivity contribution in [1.29, 1.82) is 0 Å². The van der Waals surface area contributed by atoms with Gasteiger partial charge in [0.05, 0.1) is 18.6 Å². The Morgan fingerprint density at radius 1 is 1.40 bits per heavy atom. The van der Waals surface area contributed by atoms with Gasteiger partial charge in [0.2, 0.25) is 0 Å². The molecule has 0 N–H and O–H groups in total. The maximum absolute atomic E-state index is 12.8. The Hall–Kier alpha value is -1.73. The molecule has 3 nitrogen and oxygen atoms in total. The van der Waals surface area contributed by atoms with E-state index in [-0.39, 0.29) is 17.7 Å². The molecule has 0 radical (unpaired) electrons. The molecule has 0 aliphatic rings. The molecule has 0 aromatic carbocycles. The molecular weight excluding hydrogens is 285 g/mol. The van der Waals surface area contributed by atoms with Gasteiger partial charge in [-0.1, -0.05) is 0 Å². The highest BCUT2D eigenvalue weighted by Crippen LogP contribution is 2.37. The summed E-state index contributed by atoms with van der Waals surface area (Å²) in [5.41, 5.74) is -3.13. The summed E-state index contributed by atoms with van der Waals surface area (Å²) in [7, 11) is 0. The van der Waals surface area contributed by atoms with Crippen molar-refractivity contribution in [2.24, 2.45) is 0 Å². The van der Waals surface area contributed by atoms with Gasteiger partial charge in [-0.05, 0) is 25.0 Å². The van der Waals surface area contributed by atoms with E-state index in [9.17, 15) is 26.7 Å². The Morgan fingerprint density at radius 2 is 2.00 bits per heavy atom. The second-order valence-electron chi connectivity index (χ2n) is 3.95. The second kappa shape index (κ2) is 6.15. The highest BCUT2D eigenvalue weighted by atomic mass is 19.4. The van der Waals surface area contributed by atoms with Crippen LogP contribution < -0.4 is 0 Å². The van der Waals surface area contributed by atoms with Crippen LogP contribution in [0.4, 0.5) is 22.0 Å². The van der Waals surface area contributed by atoms with E-state index in [4.69, 9.17) is 0 Å². The first-order chi connectivity index (χ1) is 9.18. The Balaban J connectivity index is 3.26. The summed E-state index contributed by atoms with van der Waals surface area (Å²) in [5, 5.41) is 0. The van der Waals surface area contributed by atoms with E-state index in [0.717, 1.165) is 13.1 Å². The number of halogens is 5. The number of esters is 1. The van der Waals surface area contributed by atoms with E-state index in [0.29, 0.717) is 0 Å². The predicted molar refractivity (Wildman–Crippen MR) is 59.3 cm³/mol. The molecule has 1 rings (SSSR count). The highest BCUT2D eigenvalue weighted by molar-refractivity contribution is 5.73. The number of hydrogen-bond acceptors (Lipinski definition) is 3. The van der Waals surface area contributed by atoms with Crippen molar-refractivity contribution in [1.82, 2.24) is 4.98 Å². The van der Waals surface area contributed by atoms with Crippen molar-refractivity contribution in [3.63, 3.8) is 0 Å². The molecule has 0 saturated carbocycles. The van der Waals surface area contributed by atoms with Crippen LogP contribution in [-0.4, -0.2) is 17.6 Å². The van der Waals surface area contributed by atoms with Gasteiger partial charge >= 0.3 is 12.1 Å². The monoisotopic (exact) mass is 297 g/mol. The molecule has 1 aromatic rings. The minimum atomic E-state index is -4.97. The minimum Gasteiger partial charge on any atom is -0.466 e. The molecule has 8 heteroatoms. The number of carbonyl (C=O) groups is 1. The number of carbonyl (C=O) groups excluding carboxylic acids is 1. The van der Waals surface area contributed by atoms with Gasteiger partial charge in [0.15, 0.2) is 5.69 Å². The first-order valence-corrected chi connectivity index (χ1v) is 5.67. The molecule has 0 aliphatic carbocycles. The summed E-state index contributed by atoms with van der Waals surface area (Å²) < 4.78 is 68.1. The normalized spacial score (nSPS) is 11.8. The summed E-state index contributed by atoms with van der Waals surface area (Å²) in [6.07, 6.45) is -7.92. The van der Waals surface area contributed by atoms with Crippen molar-refractivity contribution < 1.29 is 31.5 Å². The van der Waals surface area contributed by atoms with E-state index >= 15 is 0 Å². The van der Waals surface area contributed by atoms with Crippen LogP contribution >= 0.6 is 0 Å². The van der Waals surface area contributed by atoms with E-state index in [1.165, 1.54) is 0 Å². The van der Waals surface area contributed by atoms with Gasteiger partial charge in [0.1, 0.15) is 0 Å². The molecule has 0 aliphatic heterocycles. The average molecular weight is 297 g/mol. The molecule has 1 aromatic heterocycles. The third kappa shape index (κ3) is 3.64. The van der Waals surface area contributed by atoms with Crippen LogP contribution in [-0.2, 0) is 22.1 Å². The van der Waals surface area contributed by atoms with Crippen LogP contribution in [0.25, 0.3) is 0 Å². The Bertz CT molecular complexity index is 499. The van der Waals surface area contributed by atoms with Gasteiger partial charge in [-0.3, -0.25) is 9.78 Å². The summed E-state index contributed by atoms with van der Waals surface area (Å²) in [6, 6.07) is 0. The van der Waals surface area contributed by atoms with E-state index in [2.05, 4.69) is 9.72 Å². The van der Waals surface area contributed by atoms with E-state index < -0.39 is 36.2 Å². The lowest BCUT2D eigenvalue weighted by Crippen LogP contribution is -2.17. The zero-order chi connectivity index (χ0) is 15.5. The molecular formula is C12H12F5NO2. The lowest BCUT2D eigenvalue weighted by atomic mass is 10.0. The number of alkyl halides is 5. The minimum absolute atomic E-state index is 0.00764. The maximum atomic E-state index is 12.8. The summed E-state index contributed by atoms with van der Waals surface area (Å²) in [6.45, 7) is 2.75. The predicted octanol–water partition coefficient (Wildman–Crippen LogP) is 3.45. The molecule has 0 atom stereocenters. The van der Waals surface area contributed by atoms with Crippen LogP contribution in [0.3, 0.4) is 0 Å². The van der Waals surface area contributed by atoms with Crippen LogP contribution in [0.1, 0.15) is 35.7 Å². The molecule has 0 fully saturated rings. The molecule has 20 heavy (non-hydrogen) atoms. The van der Waals surface area contributed by atoms with Crippen LogP contribution in [0.5, 0.6) is 0 Å². The summed E-state index contributed by atoms with van der Waals surface area (Å²) >= 11 is 0. The largest absolute Gasteiger partial charge is 0.466 e. The maximum Gasteiger partial charge on any atom is 0.433 e. The van der Waals surface area contributed by atoms with Crippen molar-refractivity contribution in [2.45, 2.75) is 32.9 Å². The Kier molecular flexibility index (Phi) is 5.02. The Morgan fingerprint density at radius 3 is 2.45 bits per heavy atom. The van der Waals surface area contributed by atoms with Crippen molar-refractivity contribution in [3.05, 3.63) is 28.6 Å². The number of ether oxygens (including phenoxy) is 1. The molecule has 0 amide bonds. The zero-order valence-electron chi connectivity index (χ0n) is 10.7. The van der Waals surface area contributed by atoms with Gasteiger partial charge in [0.25, 0.3) is 6.43 Å². The zero-order valence-corrected chi connectivity index (χ0v) is 10.7. The molecule has 1 heterocycles. The standard InChI is InChI=1S/C12H12F5NO2/c1-3-20-8(19)4-7-5-18-10(12(15,16)17)9(6(7)2)11(13)14/h5,11H,3-4H2,1-2H3. The third-order valence-electron chi connectivity index (χ3n) is 2.62. The molecule has 0 saturated heterocycles. The number of aromatic nitrogens is 1. The van der Waals surface area contributed by atoms with Gasteiger partial charge in [-0.2, -0.15) is 13.2 Å². The first kappa shape index (κ1) is 16.3. The second-order valence-corrected chi connectivity index (χ2v) is 3.95. The number of pyridine rings is 1. The van der Waals surface area contributed by atoms with Crippen LogP contribution in [0.15, 0.2) is 6.20 Å². The average Bonchev–Trinajstić information content (AvgIpc) is 2.29. The smallest absolute Gasteiger partial charge is 0.433 e. The number of hydrogen-bond donors (Lipinski definition) is 0. The summed E-state index contributed by atoms with van der Waals surface area (Å²) in [4.78, 5) is 14.3. The fraction of sp³-hybridized carbons (Fsp3) is 0.500. The third-order valence-corrected chi connectivity index (χ3v) is 2.62. The van der Waals surface area contributed by atoms with Crippen LogP contribution in [0, 0.1) is 6.92 Å². The highest BCUT2D eigenvalue weighted by Gasteiger charge is 2.39. The fourth-order valence-corrected chi connectivity index (χ4v) is 1.70. The van der Waals surface area contributed by atoms with Crippen molar-refractivity contribution >= 4 is 5.97 Å². The molecule has 0 bridgehead atoms. The van der Waals surface area contributed by atoms with Gasteiger partial charge < -0.3 is 4.74 Å². The quantitative estimate of drug-likeness (QED) is 0.631. The van der Waals surface area contributed by atoms with Crippen molar-refractivity contribution in [3.8, 4) is 0 Å². The van der Waals surface area contributed by atoms with E-state index in [1.807, 2.05) is 0 Å².